The van der Waals surface area contributed by atoms with Gasteiger partial charge in [-0.2, -0.15) is 4.31 Å². The normalized spacial score (nSPS) is 18.4. The molecule has 0 aromatic heterocycles. The molecule has 1 aromatic rings. The van der Waals surface area contributed by atoms with Crippen LogP contribution in [0.2, 0.25) is 0 Å². The lowest BCUT2D eigenvalue weighted by Crippen LogP contribution is -2.40. The monoisotopic (exact) mass is 364 g/mol. The average molecular weight is 365 g/mol. The van der Waals surface area contributed by atoms with E-state index in [-0.39, 0.29) is 4.90 Å². The summed E-state index contributed by atoms with van der Waals surface area (Å²) in [4.78, 5) is 0.00423. The fraction of sp³-hybridized carbons (Fsp3) is 0.538. The third-order valence-electron chi connectivity index (χ3n) is 3.58. The molecule has 1 saturated heterocycles. The Balaban J connectivity index is 2.18. The van der Waals surface area contributed by atoms with Gasteiger partial charge in [-0.1, -0.05) is 0 Å². The van der Waals surface area contributed by atoms with Gasteiger partial charge >= 0.3 is 0 Å². The van der Waals surface area contributed by atoms with E-state index >= 15 is 0 Å². The summed E-state index contributed by atoms with van der Waals surface area (Å²) >= 11 is 3.19. The van der Waals surface area contributed by atoms with E-state index in [0.29, 0.717) is 23.5 Å². The molecule has 1 N–H and O–H groups in total. The fourth-order valence-electron chi connectivity index (χ4n) is 2.46. The van der Waals surface area contributed by atoms with Gasteiger partial charge in [0.05, 0.1) is 4.90 Å². The molecule has 112 valence electrons. The summed E-state index contributed by atoms with van der Waals surface area (Å²) in [6.45, 7) is 1.87. The highest BCUT2D eigenvalue weighted by Crippen LogP contribution is 2.28. The van der Waals surface area contributed by atoms with Gasteiger partial charge in [0.1, 0.15) is 5.82 Å². The Labute approximate surface area is 127 Å². The first kappa shape index (κ1) is 15.9. The third-order valence-corrected chi connectivity index (χ3v) is 6.47. The number of piperidine rings is 1. The number of rotatable bonds is 4. The van der Waals surface area contributed by atoms with Gasteiger partial charge in [0, 0.05) is 17.6 Å². The van der Waals surface area contributed by atoms with Crippen LogP contribution in [0.1, 0.15) is 12.8 Å². The Morgan fingerprint density at radius 3 is 2.65 bits per heavy atom. The second-order valence-electron chi connectivity index (χ2n) is 4.98. The number of hydrogen-bond acceptors (Lipinski definition) is 3. The molecule has 4 nitrogen and oxygen atoms in total. The molecule has 1 aliphatic heterocycles. The largest absolute Gasteiger partial charge is 0.319 e. The van der Waals surface area contributed by atoms with Gasteiger partial charge in [-0.15, -0.1) is 0 Å². The first-order valence-electron chi connectivity index (χ1n) is 6.55. The second kappa shape index (κ2) is 6.51. The first-order chi connectivity index (χ1) is 9.45. The van der Waals surface area contributed by atoms with Crippen molar-refractivity contribution in [3.63, 3.8) is 0 Å². The Morgan fingerprint density at radius 2 is 2.05 bits per heavy atom. The summed E-state index contributed by atoms with van der Waals surface area (Å²) in [5, 5.41) is 3.11. The van der Waals surface area contributed by atoms with Crippen LogP contribution in [0.5, 0.6) is 0 Å². The molecular weight excluding hydrogens is 347 g/mol. The Bertz CT molecular complexity index is 572. The van der Waals surface area contributed by atoms with Crippen LogP contribution in [-0.4, -0.2) is 39.4 Å². The van der Waals surface area contributed by atoms with Crippen LogP contribution in [0, 0.1) is 11.7 Å². The lowest BCUT2D eigenvalue weighted by molar-refractivity contribution is 0.270. The van der Waals surface area contributed by atoms with Crippen molar-refractivity contribution in [2.24, 2.45) is 5.92 Å². The molecule has 0 aliphatic carbocycles. The maximum Gasteiger partial charge on any atom is 0.244 e. The molecule has 1 aromatic carbocycles. The van der Waals surface area contributed by atoms with Gasteiger partial charge in [0.2, 0.25) is 10.0 Å². The van der Waals surface area contributed by atoms with Crippen molar-refractivity contribution in [3.8, 4) is 0 Å². The average Bonchev–Trinajstić information content (AvgIpc) is 2.42. The zero-order valence-corrected chi connectivity index (χ0v) is 13.7. The molecule has 1 aliphatic rings. The van der Waals surface area contributed by atoms with Crippen molar-refractivity contribution < 1.29 is 12.8 Å². The van der Waals surface area contributed by atoms with Crippen LogP contribution in [0.25, 0.3) is 0 Å². The molecule has 0 radical (unpaired) electrons. The van der Waals surface area contributed by atoms with Crippen LogP contribution in [0.15, 0.2) is 27.6 Å². The van der Waals surface area contributed by atoms with Gasteiger partial charge in [0.15, 0.2) is 0 Å². The maximum absolute atomic E-state index is 13.3. The van der Waals surface area contributed by atoms with Gasteiger partial charge in [-0.3, -0.25) is 0 Å². The van der Waals surface area contributed by atoms with Crippen LogP contribution in [-0.2, 0) is 10.0 Å². The van der Waals surface area contributed by atoms with Crippen LogP contribution in [0.3, 0.4) is 0 Å². The Hall–Kier alpha value is -0.500. The summed E-state index contributed by atoms with van der Waals surface area (Å²) in [5.41, 5.74) is 0. The molecule has 1 fully saturated rings. The van der Waals surface area contributed by atoms with Gasteiger partial charge in [-0.25, -0.2) is 12.8 Å². The third kappa shape index (κ3) is 3.39. The van der Waals surface area contributed by atoms with E-state index in [9.17, 15) is 12.8 Å². The van der Waals surface area contributed by atoms with Gasteiger partial charge < -0.3 is 5.32 Å². The van der Waals surface area contributed by atoms with Crippen molar-refractivity contribution in [1.29, 1.82) is 0 Å². The highest BCUT2D eigenvalue weighted by molar-refractivity contribution is 9.10. The molecule has 1 heterocycles. The van der Waals surface area contributed by atoms with Crippen LogP contribution < -0.4 is 5.32 Å². The maximum atomic E-state index is 13.3. The van der Waals surface area contributed by atoms with Crippen molar-refractivity contribution in [2.45, 2.75) is 17.7 Å². The molecular formula is C13H18BrFN2O2S. The quantitative estimate of drug-likeness (QED) is 0.890. The highest BCUT2D eigenvalue weighted by atomic mass is 79.9. The van der Waals surface area contributed by atoms with Crippen LogP contribution >= 0.6 is 15.9 Å². The van der Waals surface area contributed by atoms with Gasteiger partial charge in [0.25, 0.3) is 0 Å². The summed E-state index contributed by atoms with van der Waals surface area (Å²) in [7, 11) is -1.73. The topological polar surface area (TPSA) is 49.4 Å². The lowest BCUT2D eigenvalue weighted by atomic mass is 9.98. The van der Waals surface area contributed by atoms with E-state index in [1.807, 2.05) is 7.05 Å². The van der Waals surface area contributed by atoms with E-state index in [2.05, 4.69) is 21.2 Å². The molecule has 2 rings (SSSR count). The minimum Gasteiger partial charge on any atom is -0.319 e. The first-order valence-corrected chi connectivity index (χ1v) is 8.78. The number of nitrogens with zero attached hydrogens (tertiary/aromatic N) is 1. The van der Waals surface area contributed by atoms with Crippen molar-refractivity contribution in [3.05, 3.63) is 28.5 Å². The lowest BCUT2D eigenvalue weighted by Gasteiger charge is -2.31. The molecule has 7 heteroatoms. The summed E-state index contributed by atoms with van der Waals surface area (Å²) in [6.07, 6.45) is 1.65. The van der Waals surface area contributed by atoms with Gasteiger partial charge in [-0.05, 0) is 66.5 Å². The van der Waals surface area contributed by atoms with E-state index in [4.69, 9.17) is 0 Å². The predicted molar refractivity (Wildman–Crippen MR) is 79.5 cm³/mol. The number of hydrogen-bond donors (Lipinski definition) is 1. The highest BCUT2D eigenvalue weighted by Gasteiger charge is 2.30. The zero-order chi connectivity index (χ0) is 14.8. The summed E-state index contributed by atoms with van der Waals surface area (Å²) < 4.78 is 40.2. The van der Waals surface area contributed by atoms with Crippen molar-refractivity contribution in [1.82, 2.24) is 9.62 Å². The number of nitrogens with one attached hydrogen (secondary N) is 1. The minimum absolute atomic E-state index is 0.00423. The number of sulfonamides is 1. The smallest absolute Gasteiger partial charge is 0.244 e. The van der Waals surface area contributed by atoms with E-state index < -0.39 is 15.8 Å². The SMILES string of the molecule is CNCC1CCN(S(=O)(=O)c2cc(F)ccc2Br)CC1. The number of benzene rings is 1. The fourth-order valence-corrected chi connectivity index (χ4v) is 4.86. The molecule has 0 unspecified atom stereocenters. The predicted octanol–water partition coefficient (Wildman–Crippen LogP) is 2.21. The van der Waals surface area contributed by atoms with E-state index in [0.717, 1.165) is 25.5 Å². The molecule has 0 spiro atoms. The van der Waals surface area contributed by atoms with E-state index in [1.54, 1.807) is 0 Å². The standard InChI is InChI=1S/C13H18BrFN2O2S/c1-16-9-10-4-6-17(7-5-10)20(18,19)13-8-11(15)2-3-12(13)14/h2-3,8,10,16H,4-7,9H2,1H3. The van der Waals surface area contributed by atoms with Crippen molar-refractivity contribution in [2.75, 3.05) is 26.7 Å². The second-order valence-corrected chi connectivity index (χ2v) is 7.74. The molecule has 0 saturated carbocycles. The molecule has 0 amide bonds. The summed E-state index contributed by atoms with van der Waals surface area (Å²) in [5.74, 6) is -0.0424. The van der Waals surface area contributed by atoms with E-state index in [1.165, 1.54) is 16.4 Å². The molecule has 0 atom stereocenters. The molecule has 20 heavy (non-hydrogen) atoms. The Morgan fingerprint density at radius 1 is 1.40 bits per heavy atom. The molecule has 0 bridgehead atoms. The van der Waals surface area contributed by atoms with Crippen LogP contribution in [0.4, 0.5) is 4.39 Å². The zero-order valence-electron chi connectivity index (χ0n) is 11.3. The Kier molecular flexibility index (Phi) is 5.17. The van der Waals surface area contributed by atoms with Crippen molar-refractivity contribution >= 4 is 26.0 Å². The number of halogens is 2. The summed E-state index contributed by atoms with van der Waals surface area (Å²) in [6, 6.07) is 3.73. The minimum atomic E-state index is -3.63.